The van der Waals surface area contributed by atoms with E-state index in [4.69, 9.17) is 12.2 Å². The number of hydrogen-bond acceptors (Lipinski definition) is 4. The van der Waals surface area contributed by atoms with E-state index in [0.717, 1.165) is 22.3 Å². The predicted octanol–water partition coefficient (Wildman–Crippen LogP) is 5.89. The van der Waals surface area contributed by atoms with E-state index in [1.165, 1.54) is 16.7 Å². The van der Waals surface area contributed by atoms with Crippen LogP contribution in [0.2, 0.25) is 0 Å². The molecule has 3 aromatic rings. The van der Waals surface area contributed by atoms with E-state index in [1.54, 1.807) is 6.92 Å². The van der Waals surface area contributed by atoms with Crippen molar-refractivity contribution in [1.29, 1.82) is 0 Å². The van der Waals surface area contributed by atoms with E-state index < -0.39 is 6.04 Å². The van der Waals surface area contributed by atoms with E-state index in [-0.39, 0.29) is 11.8 Å². The number of nitrogens with one attached hydrogen (secondary N) is 1. The number of anilines is 1. The van der Waals surface area contributed by atoms with Crippen LogP contribution in [0.4, 0.5) is 5.69 Å². The smallest absolute Gasteiger partial charge is 0.266 e. The molecule has 1 saturated heterocycles. The van der Waals surface area contributed by atoms with Crippen molar-refractivity contribution in [2.24, 2.45) is 0 Å². The quantitative estimate of drug-likeness (QED) is 0.383. The van der Waals surface area contributed by atoms with Crippen molar-refractivity contribution in [3.8, 4) is 11.1 Å². The summed E-state index contributed by atoms with van der Waals surface area (Å²) < 4.78 is 0.383. The second-order valence-electron chi connectivity index (χ2n) is 7.57. The second kappa shape index (κ2) is 9.51. The minimum Gasteiger partial charge on any atom is -0.324 e. The summed E-state index contributed by atoms with van der Waals surface area (Å²) in [4.78, 5) is 27.6. The Hall–Kier alpha value is -3.22. The summed E-state index contributed by atoms with van der Waals surface area (Å²) in [5.41, 5.74) is 4.94. The number of nitrogens with zero attached hydrogens (tertiary/aromatic N) is 1. The fraction of sp³-hybridized carbons (Fsp3) is 0.115. The zero-order chi connectivity index (χ0) is 22.7. The minimum absolute atomic E-state index is 0.251. The summed E-state index contributed by atoms with van der Waals surface area (Å²) in [5.74, 6) is -0.530. The van der Waals surface area contributed by atoms with Crippen LogP contribution in [0.5, 0.6) is 0 Å². The minimum atomic E-state index is -0.713. The molecule has 160 valence electrons. The van der Waals surface area contributed by atoms with Crippen molar-refractivity contribution < 1.29 is 9.59 Å². The second-order valence-corrected chi connectivity index (χ2v) is 9.25. The molecule has 1 heterocycles. The molecule has 3 aromatic carbocycles. The van der Waals surface area contributed by atoms with Gasteiger partial charge in [-0.15, -0.1) is 0 Å². The molecule has 1 atom stereocenters. The molecule has 0 spiro atoms. The van der Waals surface area contributed by atoms with Crippen molar-refractivity contribution in [2.45, 2.75) is 19.9 Å². The lowest BCUT2D eigenvalue weighted by Crippen LogP contribution is -2.44. The number of carbonyl (C=O) groups excluding carboxylic acids is 2. The van der Waals surface area contributed by atoms with E-state index >= 15 is 0 Å². The maximum absolute atomic E-state index is 13.0. The topological polar surface area (TPSA) is 49.4 Å². The van der Waals surface area contributed by atoms with Crippen LogP contribution >= 0.6 is 24.0 Å². The monoisotopic (exact) mass is 458 g/mol. The maximum atomic E-state index is 13.0. The van der Waals surface area contributed by atoms with Crippen molar-refractivity contribution in [3.63, 3.8) is 0 Å². The Kier molecular flexibility index (Phi) is 6.53. The molecule has 0 saturated carbocycles. The van der Waals surface area contributed by atoms with Gasteiger partial charge < -0.3 is 5.32 Å². The van der Waals surface area contributed by atoms with E-state index in [9.17, 15) is 9.59 Å². The third kappa shape index (κ3) is 4.82. The maximum Gasteiger partial charge on any atom is 0.266 e. The summed E-state index contributed by atoms with van der Waals surface area (Å²) in [6.07, 6.45) is 1.82. The van der Waals surface area contributed by atoms with Crippen LogP contribution in [0.3, 0.4) is 0 Å². The number of hydrogen-bond donors (Lipinski definition) is 1. The van der Waals surface area contributed by atoms with Crippen molar-refractivity contribution >= 4 is 51.9 Å². The molecule has 1 unspecified atom stereocenters. The lowest BCUT2D eigenvalue weighted by Gasteiger charge is -2.22. The molecule has 0 aliphatic carbocycles. The van der Waals surface area contributed by atoms with Gasteiger partial charge in [0.1, 0.15) is 10.4 Å². The first kappa shape index (κ1) is 22.0. The Bertz CT molecular complexity index is 1190. The molecule has 32 heavy (non-hydrogen) atoms. The Labute approximate surface area is 197 Å². The van der Waals surface area contributed by atoms with Gasteiger partial charge in [-0.3, -0.25) is 14.5 Å². The SMILES string of the molecule is Cc1ccc(NC(=O)C(C)N2C(=O)/C(=C/c3ccc(-c4ccccc4)cc3)SC2=S)cc1. The normalized spacial score (nSPS) is 15.8. The summed E-state index contributed by atoms with van der Waals surface area (Å²) in [7, 11) is 0. The highest BCUT2D eigenvalue weighted by atomic mass is 32.2. The van der Waals surface area contributed by atoms with E-state index in [0.29, 0.717) is 14.9 Å². The predicted molar refractivity (Wildman–Crippen MR) is 136 cm³/mol. The first-order chi connectivity index (χ1) is 15.4. The zero-order valence-electron chi connectivity index (χ0n) is 17.7. The fourth-order valence-electron chi connectivity index (χ4n) is 3.37. The van der Waals surface area contributed by atoms with Gasteiger partial charge in [0.05, 0.1) is 4.91 Å². The third-order valence-electron chi connectivity index (χ3n) is 5.22. The molecule has 0 bridgehead atoms. The number of aryl methyl sites for hydroxylation is 1. The molecule has 1 aliphatic heterocycles. The number of benzene rings is 3. The van der Waals surface area contributed by atoms with Crippen molar-refractivity contribution in [2.75, 3.05) is 5.32 Å². The average Bonchev–Trinajstić information content (AvgIpc) is 3.08. The highest BCUT2D eigenvalue weighted by Gasteiger charge is 2.38. The van der Waals surface area contributed by atoms with Crippen LogP contribution in [0.25, 0.3) is 17.2 Å². The largest absolute Gasteiger partial charge is 0.324 e. The van der Waals surface area contributed by atoms with Gasteiger partial charge in [-0.2, -0.15) is 0 Å². The van der Waals surface area contributed by atoms with Gasteiger partial charge in [0, 0.05) is 5.69 Å². The number of carbonyl (C=O) groups is 2. The van der Waals surface area contributed by atoms with Crippen LogP contribution in [0.15, 0.2) is 83.8 Å². The Balaban J connectivity index is 1.47. The first-order valence-electron chi connectivity index (χ1n) is 10.2. The van der Waals surface area contributed by atoms with Gasteiger partial charge in [-0.1, -0.05) is 96.3 Å². The fourth-order valence-corrected chi connectivity index (χ4v) is 4.79. The van der Waals surface area contributed by atoms with E-state index in [1.807, 2.05) is 79.7 Å². The Morgan fingerprint density at radius 3 is 2.25 bits per heavy atom. The third-order valence-corrected chi connectivity index (χ3v) is 6.56. The molecule has 1 N–H and O–H groups in total. The molecule has 4 nitrogen and oxygen atoms in total. The number of amides is 2. The summed E-state index contributed by atoms with van der Waals surface area (Å²) in [6.45, 7) is 3.67. The Morgan fingerprint density at radius 2 is 1.59 bits per heavy atom. The number of thioether (sulfide) groups is 1. The van der Waals surface area contributed by atoms with Gasteiger partial charge in [0.15, 0.2) is 0 Å². The molecule has 6 heteroatoms. The van der Waals surface area contributed by atoms with Crippen LogP contribution in [0, 0.1) is 6.92 Å². The highest BCUT2D eigenvalue weighted by molar-refractivity contribution is 8.26. The number of thiocarbonyl (C=S) groups is 1. The van der Waals surface area contributed by atoms with Gasteiger partial charge in [0.25, 0.3) is 5.91 Å². The molecule has 0 radical (unpaired) electrons. The van der Waals surface area contributed by atoms with Gasteiger partial charge in [-0.05, 0) is 48.7 Å². The van der Waals surface area contributed by atoms with Crippen LogP contribution in [-0.4, -0.2) is 27.1 Å². The Morgan fingerprint density at radius 1 is 0.969 bits per heavy atom. The summed E-state index contributed by atoms with van der Waals surface area (Å²) in [5, 5.41) is 2.85. The van der Waals surface area contributed by atoms with Gasteiger partial charge in [0.2, 0.25) is 5.91 Å². The molecule has 1 aliphatic rings. The zero-order valence-corrected chi connectivity index (χ0v) is 19.4. The molecular formula is C26H22N2O2S2. The molecule has 1 fully saturated rings. The summed E-state index contributed by atoms with van der Waals surface area (Å²) in [6, 6.07) is 24.9. The van der Waals surface area contributed by atoms with Crippen LogP contribution in [-0.2, 0) is 9.59 Å². The first-order valence-corrected chi connectivity index (χ1v) is 11.4. The van der Waals surface area contributed by atoms with E-state index in [2.05, 4.69) is 17.4 Å². The summed E-state index contributed by atoms with van der Waals surface area (Å²) >= 11 is 6.64. The molecular weight excluding hydrogens is 436 g/mol. The van der Waals surface area contributed by atoms with Crippen molar-refractivity contribution in [3.05, 3.63) is 94.9 Å². The average molecular weight is 459 g/mol. The lowest BCUT2D eigenvalue weighted by molar-refractivity contribution is -0.129. The molecule has 0 aromatic heterocycles. The van der Waals surface area contributed by atoms with Crippen LogP contribution in [0.1, 0.15) is 18.1 Å². The van der Waals surface area contributed by atoms with Crippen LogP contribution < -0.4 is 5.32 Å². The number of rotatable bonds is 5. The lowest BCUT2D eigenvalue weighted by atomic mass is 10.0. The standard InChI is InChI=1S/C26H22N2O2S2/c1-17-8-14-22(15-9-17)27-24(29)18(2)28-25(30)23(32-26(28)31)16-19-10-12-21(13-11-19)20-6-4-3-5-7-20/h3-16,18H,1-2H3,(H,27,29)/b23-16-. The van der Waals surface area contributed by atoms with Gasteiger partial charge in [-0.25, -0.2) is 0 Å². The molecule has 4 rings (SSSR count). The highest BCUT2D eigenvalue weighted by Crippen LogP contribution is 2.34. The van der Waals surface area contributed by atoms with Gasteiger partial charge >= 0.3 is 0 Å². The van der Waals surface area contributed by atoms with Crippen molar-refractivity contribution in [1.82, 2.24) is 4.90 Å². The molecule has 2 amide bonds.